The van der Waals surface area contributed by atoms with Crippen LogP contribution in [0, 0.1) is 0 Å². The standard InChI is InChI=1S/C21H26N4O2/c1-16(2)23-20(27)21(24-18-8-4-3-5-9-18)10-13-25(14-11-21)19(26)17-7-6-12-22-15-17/h3-9,12,15-16,24H,10-11,13-14H2,1-2H3,(H,23,27). The second-order valence-electron chi connectivity index (χ2n) is 7.24. The van der Waals surface area contributed by atoms with Gasteiger partial charge in [0.2, 0.25) is 5.91 Å². The fourth-order valence-electron chi connectivity index (χ4n) is 3.37. The lowest BCUT2D eigenvalue weighted by Gasteiger charge is -2.42. The third kappa shape index (κ3) is 4.45. The maximum atomic E-state index is 13.0. The highest BCUT2D eigenvalue weighted by Gasteiger charge is 2.42. The molecule has 6 heteroatoms. The van der Waals surface area contributed by atoms with E-state index in [1.165, 1.54) is 0 Å². The Labute approximate surface area is 160 Å². The number of hydrogen-bond donors (Lipinski definition) is 2. The number of rotatable bonds is 5. The smallest absolute Gasteiger partial charge is 0.255 e. The highest BCUT2D eigenvalue weighted by Crippen LogP contribution is 2.28. The Bertz CT molecular complexity index is 769. The molecule has 0 radical (unpaired) electrons. The summed E-state index contributed by atoms with van der Waals surface area (Å²) in [6.07, 6.45) is 4.33. The Balaban J connectivity index is 1.76. The molecule has 2 aromatic rings. The maximum Gasteiger partial charge on any atom is 0.255 e. The summed E-state index contributed by atoms with van der Waals surface area (Å²) in [7, 11) is 0. The number of amides is 2. The van der Waals surface area contributed by atoms with Crippen molar-refractivity contribution < 1.29 is 9.59 Å². The lowest BCUT2D eigenvalue weighted by molar-refractivity contribution is -0.127. The number of anilines is 1. The largest absolute Gasteiger partial charge is 0.371 e. The minimum absolute atomic E-state index is 0.0187. The topological polar surface area (TPSA) is 74.3 Å². The molecule has 0 aliphatic carbocycles. The molecule has 0 saturated carbocycles. The maximum absolute atomic E-state index is 13.0. The van der Waals surface area contributed by atoms with Crippen molar-refractivity contribution in [3.8, 4) is 0 Å². The van der Waals surface area contributed by atoms with E-state index in [-0.39, 0.29) is 17.9 Å². The Morgan fingerprint density at radius 1 is 1.07 bits per heavy atom. The summed E-state index contributed by atoms with van der Waals surface area (Å²) in [5.74, 6) is -0.0597. The second-order valence-corrected chi connectivity index (χ2v) is 7.24. The molecule has 0 atom stereocenters. The first-order valence-corrected chi connectivity index (χ1v) is 9.34. The van der Waals surface area contributed by atoms with Crippen LogP contribution in [-0.2, 0) is 4.79 Å². The van der Waals surface area contributed by atoms with Gasteiger partial charge < -0.3 is 15.5 Å². The molecule has 0 bridgehead atoms. The number of nitrogens with zero attached hydrogens (tertiary/aromatic N) is 2. The van der Waals surface area contributed by atoms with Crippen molar-refractivity contribution in [2.24, 2.45) is 0 Å². The molecule has 1 fully saturated rings. The predicted octanol–water partition coefficient (Wildman–Crippen LogP) is 2.69. The summed E-state index contributed by atoms with van der Waals surface area (Å²) >= 11 is 0. The van der Waals surface area contributed by atoms with E-state index in [2.05, 4.69) is 15.6 Å². The highest BCUT2D eigenvalue weighted by molar-refractivity contribution is 5.95. The van der Waals surface area contributed by atoms with E-state index in [4.69, 9.17) is 0 Å². The monoisotopic (exact) mass is 366 g/mol. The van der Waals surface area contributed by atoms with Crippen LogP contribution in [0.4, 0.5) is 5.69 Å². The Morgan fingerprint density at radius 3 is 2.37 bits per heavy atom. The van der Waals surface area contributed by atoms with Crippen molar-refractivity contribution in [1.29, 1.82) is 0 Å². The third-order valence-electron chi connectivity index (χ3n) is 4.82. The molecule has 1 aliphatic rings. The number of benzene rings is 1. The van der Waals surface area contributed by atoms with Crippen molar-refractivity contribution in [1.82, 2.24) is 15.2 Å². The molecule has 2 heterocycles. The Morgan fingerprint density at radius 2 is 1.78 bits per heavy atom. The average Bonchev–Trinajstić information content (AvgIpc) is 2.69. The molecule has 1 aromatic carbocycles. The molecule has 27 heavy (non-hydrogen) atoms. The van der Waals surface area contributed by atoms with Gasteiger partial charge in [-0.1, -0.05) is 18.2 Å². The molecular formula is C21H26N4O2. The van der Waals surface area contributed by atoms with Crippen molar-refractivity contribution in [2.45, 2.75) is 38.3 Å². The van der Waals surface area contributed by atoms with E-state index in [0.29, 0.717) is 31.5 Å². The third-order valence-corrected chi connectivity index (χ3v) is 4.82. The number of likely N-dealkylation sites (tertiary alicyclic amines) is 1. The number of carbonyl (C=O) groups is 2. The van der Waals surface area contributed by atoms with E-state index in [1.54, 1.807) is 29.4 Å². The van der Waals surface area contributed by atoms with E-state index in [1.807, 2.05) is 44.2 Å². The molecule has 1 aromatic heterocycles. The molecule has 142 valence electrons. The minimum Gasteiger partial charge on any atom is -0.371 e. The summed E-state index contributed by atoms with van der Waals surface area (Å²) in [6, 6.07) is 13.3. The number of hydrogen-bond acceptors (Lipinski definition) is 4. The summed E-state index contributed by atoms with van der Waals surface area (Å²) in [5, 5.41) is 6.47. The van der Waals surface area contributed by atoms with Crippen molar-refractivity contribution in [3.63, 3.8) is 0 Å². The molecule has 3 rings (SSSR count). The number of piperidine rings is 1. The van der Waals surface area contributed by atoms with Gasteiger partial charge in [0.1, 0.15) is 5.54 Å². The second kappa shape index (κ2) is 8.20. The van der Waals surface area contributed by atoms with Gasteiger partial charge in [0, 0.05) is 37.2 Å². The number of aromatic nitrogens is 1. The predicted molar refractivity (Wildman–Crippen MR) is 105 cm³/mol. The SMILES string of the molecule is CC(C)NC(=O)C1(Nc2ccccc2)CCN(C(=O)c2cccnc2)CC1. The van der Waals surface area contributed by atoms with E-state index in [9.17, 15) is 9.59 Å². The summed E-state index contributed by atoms with van der Waals surface area (Å²) in [5.41, 5.74) is 0.758. The highest BCUT2D eigenvalue weighted by atomic mass is 16.2. The minimum atomic E-state index is -0.725. The van der Waals surface area contributed by atoms with Crippen LogP contribution >= 0.6 is 0 Å². The van der Waals surface area contributed by atoms with Crippen LogP contribution in [0.5, 0.6) is 0 Å². The van der Waals surface area contributed by atoms with Crippen molar-refractivity contribution in [3.05, 3.63) is 60.4 Å². The Hall–Kier alpha value is -2.89. The van der Waals surface area contributed by atoms with Crippen LogP contribution in [0.15, 0.2) is 54.9 Å². The van der Waals surface area contributed by atoms with Gasteiger partial charge in [-0.3, -0.25) is 14.6 Å². The van der Waals surface area contributed by atoms with Gasteiger partial charge in [0.05, 0.1) is 5.56 Å². The molecule has 1 aliphatic heterocycles. The number of pyridine rings is 1. The molecule has 6 nitrogen and oxygen atoms in total. The molecule has 2 N–H and O–H groups in total. The van der Waals surface area contributed by atoms with Crippen LogP contribution in [0.3, 0.4) is 0 Å². The lowest BCUT2D eigenvalue weighted by atomic mass is 9.85. The summed E-state index contributed by atoms with van der Waals surface area (Å²) in [4.78, 5) is 31.5. The zero-order valence-corrected chi connectivity index (χ0v) is 15.8. The number of carbonyl (C=O) groups excluding carboxylic acids is 2. The van der Waals surface area contributed by atoms with Gasteiger partial charge in [-0.2, -0.15) is 0 Å². The van der Waals surface area contributed by atoms with E-state index < -0.39 is 5.54 Å². The molecule has 1 saturated heterocycles. The molecule has 0 unspecified atom stereocenters. The Kier molecular flexibility index (Phi) is 5.74. The van der Waals surface area contributed by atoms with E-state index >= 15 is 0 Å². The van der Waals surface area contributed by atoms with Gasteiger partial charge in [-0.25, -0.2) is 0 Å². The molecule has 0 spiro atoms. The zero-order valence-electron chi connectivity index (χ0n) is 15.8. The first-order valence-electron chi connectivity index (χ1n) is 9.34. The van der Waals surface area contributed by atoms with Crippen LogP contribution in [0.1, 0.15) is 37.0 Å². The van der Waals surface area contributed by atoms with Gasteiger partial charge in [-0.15, -0.1) is 0 Å². The molecule has 2 amide bonds. The van der Waals surface area contributed by atoms with Crippen LogP contribution in [0.25, 0.3) is 0 Å². The summed E-state index contributed by atoms with van der Waals surface area (Å²) < 4.78 is 0. The first kappa shape index (κ1) is 18.9. The normalized spacial score (nSPS) is 16.0. The molecular weight excluding hydrogens is 340 g/mol. The summed E-state index contributed by atoms with van der Waals surface area (Å²) in [6.45, 7) is 4.93. The lowest BCUT2D eigenvalue weighted by Crippen LogP contribution is -2.60. The van der Waals surface area contributed by atoms with Crippen molar-refractivity contribution >= 4 is 17.5 Å². The van der Waals surface area contributed by atoms with Crippen molar-refractivity contribution in [2.75, 3.05) is 18.4 Å². The van der Waals surface area contributed by atoms with Gasteiger partial charge in [-0.05, 0) is 51.0 Å². The fourth-order valence-corrected chi connectivity index (χ4v) is 3.37. The fraction of sp³-hybridized carbons (Fsp3) is 0.381. The number of para-hydroxylation sites is 1. The van der Waals surface area contributed by atoms with Crippen LogP contribution in [-0.4, -0.2) is 46.4 Å². The van der Waals surface area contributed by atoms with Gasteiger partial charge in [0.15, 0.2) is 0 Å². The van der Waals surface area contributed by atoms with Gasteiger partial charge in [0.25, 0.3) is 5.91 Å². The van der Waals surface area contributed by atoms with E-state index in [0.717, 1.165) is 5.69 Å². The zero-order chi connectivity index (χ0) is 19.3. The van der Waals surface area contributed by atoms with Crippen LogP contribution < -0.4 is 10.6 Å². The average molecular weight is 366 g/mol. The first-order chi connectivity index (χ1) is 13.0. The van der Waals surface area contributed by atoms with Crippen LogP contribution in [0.2, 0.25) is 0 Å². The quantitative estimate of drug-likeness (QED) is 0.853. The number of nitrogens with one attached hydrogen (secondary N) is 2. The van der Waals surface area contributed by atoms with Gasteiger partial charge >= 0.3 is 0 Å².